The summed E-state index contributed by atoms with van der Waals surface area (Å²) in [6, 6.07) is 13.9. The lowest BCUT2D eigenvalue weighted by Gasteiger charge is -2.11. The molecule has 1 atom stereocenters. The Morgan fingerprint density at radius 2 is 1.81 bits per heavy atom. The number of imidazole rings is 1. The van der Waals surface area contributed by atoms with Gasteiger partial charge in [0.15, 0.2) is 11.2 Å². The summed E-state index contributed by atoms with van der Waals surface area (Å²) in [5, 5.41) is 10.1. The third kappa shape index (κ3) is 3.94. The van der Waals surface area contributed by atoms with Crippen molar-refractivity contribution in [2.75, 3.05) is 0 Å². The lowest BCUT2D eigenvalue weighted by atomic mass is 10.1. The number of carboxylic acids is 1. The van der Waals surface area contributed by atoms with E-state index in [2.05, 4.69) is 9.97 Å². The summed E-state index contributed by atoms with van der Waals surface area (Å²) in [7, 11) is 0. The number of aromatic amines is 1. The second-order valence-corrected chi connectivity index (χ2v) is 8.18. The number of hydrogen-bond donors (Lipinski definition) is 2. The summed E-state index contributed by atoms with van der Waals surface area (Å²) >= 11 is 12.4. The molecule has 0 saturated heterocycles. The standard InChI is InChI=1S/C22H18Cl2N4O4/c1-12(21(30)31)10-11-27-20(29)17-18(26-22(27)32)25-19(15-4-2-3-5-16(15)24)28(17)14-8-6-13(23)7-9-14/h2-9,12H,10-11H2,1H3,(H,26,32)(H,30,31)/t12-/m0/s1. The van der Waals surface area contributed by atoms with Gasteiger partial charge in [0.05, 0.1) is 10.9 Å². The molecule has 4 rings (SSSR count). The topological polar surface area (TPSA) is 110 Å². The minimum absolute atomic E-state index is 0.0508. The highest BCUT2D eigenvalue weighted by Crippen LogP contribution is 2.31. The molecule has 0 radical (unpaired) electrons. The third-order valence-electron chi connectivity index (χ3n) is 5.20. The highest BCUT2D eigenvalue weighted by molar-refractivity contribution is 6.33. The van der Waals surface area contributed by atoms with E-state index in [4.69, 9.17) is 28.3 Å². The lowest BCUT2D eigenvalue weighted by molar-refractivity contribution is -0.141. The number of halogens is 2. The SMILES string of the molecule is C[C@@H](CCn1c(=O)[nH]c2nc(-c3ccccc3Cl)n(-c3ccc(Cl)cc3)c2c1=O)C(=O)O. The van der Waals surface area contributed by atoms with Crippen molar-refractivity contribution < 1.29 is 9.90 Å². The van der Waals surface area contributed by atoms with Gasteiger partial charge in [-0.1, -0.05) is 42.3 Å². The number of H-pyrrole nitrogens is 1. The van der Waals surface area contributed by atoms with Gasteiger partial charge in [-0.3, -0.25) is 23.7 Å². The van der Waals surface area contributed by atoms with Crippen LogP contribution in [0, 0.1) is 5.92 Å². The molecular formula is C22H18Cl2N4O4. The molecule has 164 valence electrons. The Labute approximate surface area is 191 Å². The molecule has 0 aliphatic heterocycles. The maximum absolute atomic E-state index is 13.4. The maximum atomic E-state index is 13.4. The first kappa shape index (κ1) is 21.9. The zero-order valence-corrected chi connectivity index (χ0v) is 18.4. The average Bonchev–Trinajstić information content (AvgIpc) is 3.13. The van der Waals surface area contributed by atoms with E-state index >= 15 is 0 Å². The van der Waals surface area contributed by atoms with Crippen LogP contribution in [0.5, 0.6) is 0 Å². The number of aromatic nitrogens is 4. The number of aliphatic carboxylic acids is 1. The summed E-state index contributed by atoms with van der Waals surface area (Å²) < 4.78 is 2.61. The Balaban J connectivity index is 2.00. The van der Waals surface area contributed by atoms with Gasteiger partial charge in [0.25, 0.3) is 5.56 Å². The van der Waals surface area contributed by atoms with Crippen LogP contribution in [0.1, 0.15) is 13.3 Å². The van der Waals surface area contributed by atoms with Gasteiger partial charge in [-0.2, -0.15) is 0 Å². The van der Waals surface area contributed by atoms with E-state index in [1.54, 1.807) is 53.1 Å². The first-order valence-electron chi connectivity index (χ1n) is 9.77. The van der Waals surface area contributed by atoms with Crippen molar-refractivity contribution in [3.8, 4) is 17.1 Å². The Morgan fingerprint density at radius 1 is 1.12 bits per heavy atom. The predicted molar refractivity (Wildman–Crippen MR) is 123 cm³/mol. The molecule has 8 nitrogen and oxygen atoms in total. The monoisotopic (exact) mass is 472 g/mol. The molecule has 0 aliphatic rings. The molecule has 2 N–H and O–H groups in total. The molecule has 0 bridgehead atoms. The third-order valence-corrected chi connectivity index (χ3v) is 5.78. The lowest BCUT2D eigenvalue weighted by Crippen LogP contribution is -2.36. The van der Waals surface area contributed by atoms with E-state index < -0.39 is 23.1 Å². The minimum atomic E-state index is -0.997. The molecular weight excluding hydrogens is 455 g/mol. The summed E-state index contributed by atoms with van der Waals surface area (Å²) in [4.78, 5) is 44.3. The van der Waals surface area contributed by atoms with Crippen LogP contribution < -0.4 is 11.2 Å². The highest BCUT2D eigenvalue weighted by Gasteiger charge is 2.22. The zero-order valence-electron chi connectivity index (χ0n) is 16.9. The largest absolute Gasteiger partial charge is 0.481 e. The van der Waals surface area contributed by atoms with Gasteiger partial charge < -0.3 is 5.11 Å². The molecule has 2 heterocycles. The van der Waals surface area contributed by atoms with Gasteiger partial charge in [-0.05, 0) is 42.8 Å². The van der Waals surface area contributed by atoms with Crippen LogP contribution in [-0.2, 0) is 11.3 Å². The van der Waals surface area contributed by atoms with Crippen molar-refractivity contribution in [3.63, 3.8) is 0 Å². The fourth-order valence-electron chi connectivity index (χ4n) is 3.41. The second kappa shape index (κ2) is 8.64. The number of carbonyl (C=O) groups is 1. The molecule has 4 aromatic rings. The Bertz CT molecular complexity index is 1440. The summed E-state index contributed by atoms with van der Waals surface area (Å²) in [5.41, 5.74) is 0.180. The Morgan fingerprint density at radius 3 is 2.47 bits per heavy atom. The van der Waals surface area contributed by atoms with E-state index in [1.165, 1.54) is 6.92 Å². The maximum Gasteiger partial charge on any atom is 0.330 e. The van der Waals surface area contributed by atoms with Gasteiger partial charge in [0.1, 0.15) is 5.82 Å². The highest BCUT2D eigenvalue weighted by atomic mass is 35.5. The van der Waals surface area contributed by atoms with Gasteiger partial charge in [-0.25, -0.2) is 9.78 Å². The van der Waals surface area contributed by atoms with Crippen molar-refractivity contribution >= 4 is 40.3 Å². The van der Waals surface area contributed by atoms with E-state index in [0.717, 1.165) is 4.57 Å². The zero-order chi connectivity index (χ0) is 23.0. The van der Waals surface area contributed by atoms with Crippen LogP contribution in [0.2, 0.25) is 10.0 Å². The van der Waals surface area contributed by atoms with Crippen LogP contribution in [-0.4, -0.2) is 30.2 Å². The summed E-state index contributed by atoms with van der Waals surface area (Å²) in [6.07, 6.45) is 0.121. The molecule has 0 amide bonds. The van der Waals surface area contributed by atoms with Crippen molar-refractivity contribution in [3.05, 3.63) is 79.4 Å². The first-order chi connectivity index (χ1) is 15.3. The van der Waals surface area contributed by atoms with Crippen LogP contribution in [0.4, 0.5) is 0 Å². The van der Waals surface area contributed by atoms with Crippen LogP contribution in [0.15, 0.2) is 58.1 Å². The molecule has 2 aromatic heterocycles. The van der Waals surface area contributed by atoms with E-state index in [-0.39, 0.29) is 24.1 Å². The smallest absolute Gasteiger partial charge is 0.330 e. The number of rotatable bonds is 6. The summed E-state index contributed by atoms with van der Waals surface area (Å²) in [6.45, 7) is 1.47. The second-order valence-electron chi connectivity index (χ2n) is 7.34. The Hall–Kier alpha value is -3.36. The molecule has 0 aliphatic carbocycles. The molecule has 32 heavy (non-hydrogen) atoms. The number of hydrogen-bond acceptors (Lipinski definition) is 4. The van der Waals surface area contributed by atoms with Crippen LogP contribution in [0.3, 0.4) is 0 Å². The van der Waals surface area contributed by atoms with E-state index in [0.29, 0.717) is 27.1 Å². The fourth-order valence-corrected chi connectivity index (χ4v) is 3.75. The molecule has 0 fully saturated rings. The predicted octanol–water partition coefficient (Wildman–Crippen LogP) is 3.96. The van der Waals surface area contributed by atoms with Crippen molar-refractivity contribution in [1.29, 1.82) is 0 Å². The number of benzene rings is 2. The van der Waals surface area contributed by atoms with Gasteiger partial charge in [-0.15, -0.1) is 0 Å². The van der Waals surface area contributed by atoms with Crippen molar-refractivity contribution in [1.82, 2.24) is 19.1 Å². The number of carboxylic acid groups (broad SMARTS) is 1. The first-order valence-corrected chi connectivity index (χ1v) is 10.5. The molecule has 0 unspecified atom stereocenters. The number of fused-ring (bicyclic) bond motifs is 1. The number of nitrogens with one attached hydrogen (secondary N) is 1. The van der Waals surface area contributed by atoms with Gasteiger partial charge in [0.2, 0.25) is 0 Å². The van der Waals surface area contributed by atoms with E-state index in [1.807, 2.05) is 0 Å². The van der Waals surface area contributed by atoms with Crippen LogP contribution in [0.25, 0.3) is 28.2 Å². The quantitative estimate of drug-likeness (QED) is 0.441. The number of nitrogens with zero attached hydrogens (tertiary/aromatic N) is 3. The molecule has 0 saturated carbocycles. The van der Waals surface area contributed by atoms with Crippen LogP contribution >= 0.6 is 23.2 Å². The molecule has 0 spiro atoms. The average molecular weight is 473 g/mol. The van der Waals surface area contributed by atoms with E-state index in [9.17, 15) is 14.4 Å². The summed E-state index contributed by atoms with van der Waals surface area (Å²) in [5.74, 6) is -1.34. The molecule has 10 heteroatoms. The fraction of sp³-hybridized carbons (Fsp3) is 0.182. The minimum Gasteiger partial charge on any atom is -0.481 e. The Kier molecular flexibility index (Phi) is 5.90. The van der Waals surface area contributed by atoms with Gasteiger partial charge >= 0.3 is 11.7 Å². The van der Waals surface area contributed by atoms with Crippen molar-refractivity contribution in [2.45, 2.75) is 19.9 Å². The van der Waals surface area contributed by atoms with Gasteiger partial charge in [0, 0.05) is 22.8 Å². The molecule has 2 aromatic carbocycles. The van der Waals surface area contributed by atoms with Crippen molar-refractivity contribution in [2.24, 2.45) is 5.92 Å². The normalized spacial score (nSPS) is 12.2.